The summed E-state index contributed by atoms with van der Waals surface area (Å²) in [5.74, 6) is 1.39. The Kier molecular flexibility index (Phi) is 5.41. The third kappa shape index (κ3) is 4.20. The summed E-state index contributed by atoms with van der Waals surface area (Å²) in [6.07, 6.45) is 6.92. The third-order valence-electron chi connectivity index (χ3n) is 4.44. The number of aryl methyl sites for hydroxylation is 1. The van der Waals surface area contributed by atoms with Crippen LogP contribution in [0.25, 0.3) is 0 Å². The fourth-order valence-corrected chi connectivity index (χ4v) is 3.03. The Labute approximate surface area is 122 Å². The minimum absolute atomic E-state index is 0.113. The third-order valence-corrected chi connectivity index (χ3v) is 4.44. The van der Waals surface area contributed by atoms with Crippen molar-refractivity contribution in [2.75, 3.05) is 19.6 Å². The highest BCUT2D eigenvalue weighted by Gasteiger charge is 2.20. The van der Waals surface area contributed by atoms with Crippen LogP contribution >= 0.6 is 0 Å². The van der Waals surface area contributed by atoms with Gasteiger partial charge in [0.2, 0.25) is 0 Å². The molecule has 0 N–H and O–H groups in total. The minimum atomic E-state index is 0.113. The van der Waals surface area contributed by atoms with Gasteiger partial charge in [-0.05, 0) is 68.8 Å². The number of hydrogen-bond acceptors (Lipinski definition) is 2. The molecule has 1 aromatic rings. The van der Waals surface area contributed by atoms with Gasteiger partial charge in [0.05, 0.1) is 0 Å². The zero-order valence-electron chi connectivity index (χ0n) is 13.1. The van der Waals surface area contributed by atoms with Gasteiger partial charge in [0.1, 0.15) is 0 Å². The van der Waals surface area contributed by atoms with Crippen LogP contribution in [-0.2, 0) is 7.05 Å². The van der Waals surface area contributed by atoms with Crippen LogP contribution in [0.3, 0.4) is 0 Å². The van der Waals surface area contributed by atoms with Crippen LogP contribution in [-0.4, -0.2) is 29.1 Å². The maximum atomic E-state index is 11.7. The van der Waals surface area contributed by atoms with Gasteiger partial charge in [-0.15, -0.1) is 0 Å². The van der Waals surface area contributed by atoms with Crippen molar-refractivity contribution < 1.29 is 0 Å². The molecule has 1 fully saturated rings. The second kappa shape index (κ2) is 7.07. The van der Waals surface area contributed by atoms with Gasteiger partial charge in [0, 0.05) is 19.3 Å². The Balaban J connectivity index is 1.81. The van der Waals surface area contributed by atoms with E-state index in [9.17, 15) is 4.79 Å². The summed E-state index contributed by atoms with van der Waals surface area (Å²) in [4.78, 5) is 14.3. The lowest BCUT2D eigenvalue weighted by atomic mass is 9.90. The Morgan fingerprint density at radius 1 is 1.30 bits per heavy atom. The Morgan fingerprint density at radius 3 is 2.60 bits per heavy atom. The molecular weight excluding hydrogens is 248 g/mol. The maximum absolute atomic E-state index is 11.7. The van der Waals surface area contributed by atoms with E-state index >= 15 is 0 Å². The first-order valence-corrected chi connectivity index (χ1v) is 7.95. The summed E-state index contributed by atoms with van der Waals surface area (Å²) in [5, 5.41) is 0. The van der Waals surface area contributed by atoms with E-state index in [0.29, 0.717) is 5.92 Å². The van der Waals surface area contributed by atoms with Crippen LogP contribution in [0.5, 0.6) is 0 Å². The normalized spacial score (nSPS) is 17.8. The monoisotopic (exact) mass is 276 g/mol. The van der Waals surface area contributed by atoms with Crippen molar-refractivity contribution in [1.82, 2.24) is 9.47 Å². The Bertz CT molecular complexity index is 470. The second-order valence-corrected chi connectivity index (χ2v) is 6.56. The molecule has 0 aromatic carbocycles. The van der Waals surface area contributed by atoms with Gasteiger partial charge in [-0.1, -0.05) is 13.8 Å². The van der Waals surface area contributed by atoms with E-state index in [0.717, 1.165) is 5.92 Å². The maximum Gasteiger partial charge on any atom is 0.250 e. The number of piperidine rings is 1. The van der Waals surface area contributed by atoms with Gasteiger partial charge >= 0.3 is 0 Å². The number of aromatic nitrogens is 1. The molecule has 0 radical (unpaired) electrons. The molecule has 0 atom stereocenters. The van der Waals surface area contributed by atoms with Crippen molar-refractivity contribution in [3.05, 3.63) is 34.2 Å². The molecule has 2 heterocycles. The molecule has 1 aromatic heterocycles. The second-order valence-electron chi connectivity index (χ2n) is 6.56. The number of likely N-dealkylation sites (tertiary alicyclic amines) is 1. The topological polar surface area (TPSA) is 25.2 Å². The van der Waals surface area contributed by atoms with Gasteiger partial charge < -0.3 is 9.47 Å². The van der Waals surface area contributed by atoms with Gasteiger partial charge in [-0.25, -0.2) is 0 Å². The van der Waals surface area contributed by atoms with Crippen molar-refractivity contribution in [2.24, 2.45) is 13.0 Å². The molecule has 1 saturated heterocycles. The summed E-state index contributed by atoms with van der Waals surface area (Å²) in [5.41, 5.74) is 1.34. The predicted octanol–water partition coefficient (Wildman–Crippen LogP) is 3.00. The van der Waals surface area contributed by atoms with E-state index in [4.69, 9.17) is 0 Å². The molecule has 0 amide bonds. The van der Waals surface area contributed by atoms with Crippen molar-refractivity contribution >= 4 is 0 Å². The Hall–Kier alpha value is -1.09. The molecule has 0 bridgehead atoms. The largest absolute Gasteiger partial charge is 0.319 e. The standard InChI is InChI=1S/C17H28N2O/c1-14(2)5-4-9-19-11-7-15(8-12-19)16-6-10-18(3)17(20)13-16/h6,10,13-15H,4-5,7-9,11-12H2,1-3H3. The average molecular weight is 276 g/mol. The zero-order valence-corrected chi connectivity index (χ0v) is 13.1. The van der Waals surface area contributed by atoms with Gasteiger partial charge in [-0.3, -0.25) is 4.79 Å². The fraction of sp³-hybridized carbons (Fsp3) is 0.706. The van der Waals surface area contributed by atoms with Crippen molar-refractivity contribution in [2.45, 2.75) is 45.4 Å². The quantitative estimate of drug-likeness (QED) is 0.826. The summed E-state index contributed by atoms with van der Waals surface area (Å²) in [7, 11) is 1.81. The first-order valence-electron chi connectivity index (χ1n) is 7.95. The van der Waals surface area contributed by atoms with Crippen molar-refractivity contribution in [1.29, 1.82) is 0 Å². The van der Waals surface area contributed by atoms with Gasteiger partial charge in [0.25, 0.3) is 5.56 Å². The van der Waals surface area contributed by atoms with Crippen LogP contribution < -0.4 is 5.56 Å². The molecule has 20 heavy (non-hydrogen) atoms. The van der Waals surface area contributed by atoms with E-state index in [1.54, 1.807) is 4.57 Å². The number of hydrogen-bond donors (Lipinski definition) is 0. The lowest BCUT2D eigenvalue weighted by molar-refractivity contribution is 0.206. The van der Waals surface area contributed by atoms with E-state index in [-0.39, 0.29) is 5.56 Å². The molecule has 3 nitrogen and oxygen atoms in total. The first-order chi connectivity index (χ1) is 9.56. The van der Waals surface area contributed by atoms with Crippen molar-refractivity contribution in [3.63, 3.8) is 0 Å². The molecule has 112 valence electrons. The molecule has 1 aliphatic rings. The molecule has 0 unspecified atom stereocenters. The van der Waals surface area contributed by atoms with E-state index in [1.807, 2.05) is 19.3 Å². The number of nitrogens with zero attached hydrogens (tertiary/aromatic N) is 2. The average Bonchev–Trinajstić information content (AvgIpc) is 2.42. The molecule has 0 spiro atoms. The Morgan fingerprint density at radius 2 is 2.00 bits per heavy atom. The van der Waals surface area contributed by atoms with E-state index in [2.05, 4.69) is 24.8 Å². The minimum Gasteiger partial charge on any atom is -0.319 e. The van der Waals surface area contributed by atoms with Gasteiger partial charge in [0.15, 0.2) is 0 Å². The van der Waals surface area contributed by atoms with E-state index < -0.39 is 0 Å². The van der Waals surface area contributed by atoms with Crippen LogP contribution in [0, 0.1) is 5.92 Å². The summed E-state index contributed by atoms with van der Waals surface area (Å²) >= 11 is 0. The SMILES string of the molecule is CC(C)CCCN1CCC(c2ccn(C)c(=O)c2)CC1. The molecular formula is C17H28N2O. The zero-order chi connectivity index (χ0) is 14.5. The summed E-state index contributed by atoms with van der Waals surface area (Å²) in [6, 6.07) is 3.93. The smallest absolute Gasteiger partial charge is 0.250 e. The molecule has 1 aliphatic heterocycles. The molecule has 3 heteroatoms. The molecule has 0 aliphatic carbocycles. The van der Waals surface area contributed by atoms with Crippen LogP contribution in [0.1, 0.15) is 51.0 Å². The number of rotatable bonds is 5. The molecule has 2 rings (SSSR count). The highest BCUT2D eigenvalue weighted by atomic mass is 16.1. The first kappa shape index (κ1) is 15.3. The van der Waals surface area contributed by atoms with Crippen LogP contribution in [0.15, 0.2) is 23.1 Å². The summed E-state index contributed by atoms with van der Waals surface area (Å²) < 4.78 is 1.64. The van der Waals surface area contributed by atoms with Crippen LogP contribution in [0.2, 0.25) is 0 Å². The van der Waals surface area contributed by atoms with E-state index in [1.165, 1.54) is 50.9 Å². The highest BCUT2D eigenvalue weighted by Crippen LogP contribution is 2.27. The van der Waals surface area contributed by atoms with Gasteiger partial charge in [-0.2, -0.15) is 0 Å². The lowest BCUT2D eigenvalue weighted by Crippen LogP contribution is -2.34. The van der Waals surface area contributed by atoms with Crippen molar-refractivity contribution in [3.8, 4) is 0 Å². The predicted molar refractivity (Wildman–Crippen MR) is 84.2 cm³/mol. The van der Waals surface area contributed by atoms with Crippen LogP contribution in [0.4, 0.5) is 0 Å². The highest BCUT2D eigenvalue weighted by molar-refractivity contribution is 5.17. The lowest BCUT2D eigenvalue weighted by Gasteiger charge is -2.32. The summed E-state index contributed by atoms with van der Waals surface area (Å²) in [6.45, 7) is 8.18. The molecule has 0 saturated carbocycles. The number of pyridine rings is 1. The fourth-order valence-electron chi connectivity index (χ4n) is 3.03.